The third-order valence-electron chi connectivity index (χ3n) is 3.01. The molecule has 0 atom stereocenters. The SMILES string of the molecule is Cc1cccc(C)c1NC(=O)c1ccc(N)c(O)c1. The number of aryl methyl sites for hydroxylation is 2. The highest BCUT2D eigenvalue weighted by atomic mass is 16.3. The first-order chi connectivity index (χ1) is 8.99. The van der Waals surface area contributed by atoms with Crippen LogP contribution >= 0.6 is 0 Å². The Hall–Kier alpha value is -2.49. The van der Waals surface area contributed by atoms with Crippen LogP contribution in [0.3, 0.4) is 0 Å². The van der Waals surface area contributed by atoms with Crippen molar-refractivity contribution in [1.82, 2.24) is 0 Å². The topological polar surface area (TPSA) is 75.4 Å². The van der Waals surface area contributed by atoms with Crippen molar-refractivity contribution in [1.29, 1.82) is 0 Å². The quantitative estimate of drug-likeness (QED) is 0.571. The first-order valence-corrected chi connectivity index (χ1v) is 5.95. The molecule has 1 amide bonds. The number of hydrogen-bond acceptors (Lipinski definition) is 3. The van der Waals surface area contributed by atoms with Crippen LogP contribution < -0.4 is 11.1 Å². The molecule has 4 heteroatoms. The predicted molar refractivity (Wildman–Crippen MR) is 76.4 cm³/mol. The molecule has 19 heavy (non-hydrogen) atoms. The number of benzene rings is 2. The van der Waals surface area contributed by atoms with E-state index in [-0.39, 0.29) is 17.3 Å². The third kappa shape index (κ3) is 2.68. The highest BCUT2D eigenvalue weighted by Gasteiger charge is 2.11. The molecule has 0 aromatic heterocycles. The molecule has 0 heterocycles. The zero-order chi connectivity index (χ0) is 14.0. The van der Waals surface area contributed by atoms with Crippen LogP contribution in [0.15, 0.2) is 36.4 Å². The zero-order valence-corrected chi connectivity index (χ0v) is 10.9. The highest BCUT2D eigenvalue weighted by Crippen LogP contribution is 2.23. The number of nitrogens with two attached hydrogens (primary N) is 1. The first-order valence-electron chi connectivity index (χ1n) is 5.95. The van der Waals surface area contributed by atoms with Gasteiger partial charge in [-0.2, -0.15) is 0 Å². The third-order valence-corrected chi connectivity index (χ3v) is 3.01. The number of nitrogens with one attached hydrogen (secondary N) is 1. The summed E-state index contributed by atoms with van der Waals surface area (Å²) in [6.45, 7) is 3.87. The van der Waals surface area contributed by atoms with Crippen molar-refractivity contribution >= 4 is 17.3 Å². The van der Waals surface area contributed by atoms with E-state index in [9.17, 15) is 9.90 Å². The second-order valence-electron chi connectivity index (χ2n) is 4.49. The van der Waals surface area contributed by atoms with Crippen molar-refractivity contribution in [3.05, 3.63) is 53.1 Å². The molecule has 0 aliphatic rings. The predicted octanol–water partition coefficient (Wildman–Crippen LogP) is 2.84. The fourth-order valence-corrected chi connectivity index (χ4v) is 1.88. The Kier molecular flexibility index (Phi) is 3.42. The van der Waals surface area contributed by atoms with Gasteiger partial charge < -0.3 is 16.2 Å². The molecule has 0 aliphatic carbocycles. The number of aromatic hydroxyl groups is 1. The number of carbonyl (C=O) groups excluding carboxylic acids is 1. The second-order valence-corrected chi connectivity index (χ2v) is 4.49. The van der Waals surface area contributed by atoms with E-state index in [0.717, 1.165) is 16.8 Å². The molecule has 0 unspecified atom stereocenters. The van der Waals surface area contributed by atoms with Crippen molar-refractivity contribution in [2.75, 3.05) is 11.1 Å². The van der Waals surface area contributed by atoms with Crippen LogP contribution in [0.1, 0.15) is 21.5 Å². The molecule has 2 aromatic rings. The summed E-state index contributed by atoms with van der Waals surface area (Å²) in [4.78, 5) is 12.1. The smallest absolute Gasteiger partial charge is 0.255 e. The van der Waals surface area contributed by atoms with Crippen LogP contribution in [0.4, 0.5) is 11.4 Å². The lowest BCUT2D eigenvalue weighted by Gasteiger charge is -2.11. The average Bonchev–Trinajstić information content (AvgIpc) is 2.37. The van der Waals surface area contributed by atoms with E-state index < -0.39 is 0 Å². The second kappa shape index (κ2) is 5.02. The molecule has 2 rings (SSSR count). The van der Waals surface area contributed by atoms with Gasteiger partial charge >= 0.3 is 0 Å². The average molecular weight is 256 g/mol. The van der Waals surface area contributed by atoms with Gasteiger partial charge in [0.05, 0.1) is 5.69 Å². The normalized spacial score (nSPS) is 10.2. The fourth-order valence-electron chi connectivity index (χ4n) is 1.88. The fraction of sp³-hybridized carbons (Fsp3) is 0.133. The van der Waals surface area contributed by atoms with Crippen LogP contribution in [0.2, 0.25) is 0 Å². The highest BCUT2D eigenvalue weighted by molar-refractivity contribution is 6.05. The Bertz CT molecular complexity index is 616. The maximum absolute atomic E-state index is 12.1. The number of rotatable bonds is 2. The summed E-state index contributed by atoms with van der Waals surface area (Å²) in [5.41, 5.74) is 8.91. The van der Waals surface area contributed by atoms with Gasteiger partial charge in [0.2, 0.25) is 0 Å². The number of anilines is 2. The van der Waals surface area contributed by atoms with E-state index in [1.807, 2.05) is 32.0 Å². The van der Waals surface area contributed by atoms with Gasteiger partial charge in [-0.15, -0.1) is 0 Å². The van der Waals surface area contributed by atoms with Gasteiger partial charge in [-0.25, -0.2) is 0 Å². The Morgan fingerprint density at radius 1 is 1.16 bits per heavy atom. The Morgan fingerprint density at radius 3 is 2.37 bits per heavy atom. The standard InChI is InChI=1S/C15H16N2O2/c1-9-4-3-5-10(2)14(9)17-15(19)11-6-7-12(16)13(18)8-11/h3-8,18H,16H2,1-2H3,(H,17,19). The molecule has 0 radical (unpaired) electrons. The maximum atomic E-state index is 12.1. The van der Waals surface area contributed by atoms with Crippen molar-refractivity contribution in [2.24, 2.45) is 0 Å². The van der Waals surface area contributed by atoms with Crippen LogP contribution in [-0.2, 0) is 0 Å². The first kappa shape index (κ1) is 13.0. The minimum Gasteiger partial charge on any atom is -0.506 e. The molecule has 0 saturated heterocycles. The number of para-hydroxylation sites is 1. The summed E-state index contributed by atoms with van der Waals surface area (Å²) in [7, 11) is 0. The van der Waals surface area contributed by atoms with Crippen LogP contribution in [0.5, 0.6) is 5.75 Å². The molecule has 0 aliphatic heterocycles. The largest absolute Gasteiger partial charge is 0.506 e. The summed E-state index contributed by atoms with van der Waals surface area (Å²) in [6.07, 6.45) is 0. The van der Waals surface area contributed by atoms with Gasteiger partial charge in [-0.05, 0) is 43.2 Å². The molecule has 0 spiro atoms. The van der Waals surface area contributed by atoms with Crippen molar-refractivity contribution in [3.8, 4) is 5.75 Å². The zero-order valence-electron chi connectivity index (χ0n) is 10.9. The van der Waals surface area contributed by atoms with Crippen molar-refractivity contribution in [3.63, 3.8) is 0 Å². The Balaban J connectivity index is 2.28. The van der Waals surface area contributed by atoms with E-state index in [1.165, 1.54) is 12.1 Å². The van der Waals surface area contributed by atoms with Gasteiger partial charge in [0.1, 0.15) is 5.75 Å². The van der Waals surface area contributed by atoms with Crippen LogP contribution in [0, 0.1) is 13.8 Å². The monoisotopic (exact) mass is 256 g/mol. The summed E-state index contributed by atoms with van der Waals surface area (Å²) in [5.74, 6) is -0.359. The number of phenols is 1. The lowest BCUT2D eigenvalue weighted by molar-refractivity contribution is 0.102. The van der Waals surface area contributed by atoms with Gasteiger partial charge in [0, 0.05) is 11.3 Å². The number of hydrogen-bond donors (Lipinski definition) is 3. The molecule has 0 saturated carbocycles. The lowest BCUT2D eigenvalue weighted by Crippen LogP contribution is -2.13. The van der Waals surface area contributed by atoms with Gasteiger partial charge in [-0.1, -0.05) is 18.2 Å². The molecule has 98 valence electrons. The van der Waals surface area contributed by atoms with E-state index in [0.29, 0.717) is 5.56 Å². The van der Waals surface area contributed by atoms with E-state index in [2.05, 4.69) is 5.32 Å². The number of amides is 1. The number of nitrogen functional groups attached to an aromatic ring is 1. The summed E-state index contributed by atoms with van der Waals surface area (Å²) in [5, 5.41) is 12.4. The van der Waals surface area contributed by atoms with Gasteiger partial charge in [0.15, 0.2) is 0 Å². The molecule has 2 aromatic carbocycles. The Morgan fingerprint density at radius 2 is 1.79 bits per heavy atom. The molecular weight excluding hydrogens is 240 g/mol. The molecular formula is C15H16N2O2. The number of carbonyl (C=O) groups is 1. The maximum Gasteiger partial charge on any atom is 0.255 e. The van der Waals surface area contributed by atoms with Gasteiger partial charge in [-0.3, -0.25) is 4.79 Å². The molecule has 0 bridgehead atoms. The summed E-state index contributed by atoms with van der Waals surface area (Å²) < 4.78 is 0. The van der Waals surface area contributed by atoms with E-state index in [1.54, 1.807) is 6.07 Å². The van der Waals surface area contributed by atoms with Crippen molar-refractivity contribution < 1.29 is 9.90 Å². The lowest BCUT2D eigenvalue weighted by atomic mass is 10.1. The molecule has 4 N–H and O–H groups in total. The summed E-state index contributed by atoms with van der Waals surface area (Å²) >= 11 is 0. The molecule has 4 nitrogen and oxygen atoms in total. The minimum atomic E-state index is -0.271. The van der Waals surface area contributed by atoms with Crippen LogP contribution in [0.25, 0.3) is 0 Å². The van der Waals surface area contributed by atoms with E-state index in [4.69, 9.17) is 5.73 Å². The van der Waals surface area contributed by atoms with E-state index >= 15 is 0 Å². The molecule has 0 fully saturated rings. The van der Waals surface area contributed by atoms with Crippen molar-refractivity contribution in [2.45, 2.75) is 13.8 Å². The minimum absolute atomic E-state index is 0.0887. The van der Waals surface area contributed by atoms with Gasteiger partial charge in [0.25, 0.3) is 5.91 Å². The Labute approximate surface area is 111 Å². The summed E-state index contributed by atoms with van der Waals surface area (Å²) in [6, 6.07) is 10.3. The number of phenolic OH excluding ortho intramolecular Hbond substituents is 1. The van der Waals surface area contributed by atoms with Crippen LogP contribution in [-0.4, -0.2) is 11.0 Å².